The van der Waals surface area contributed by atoms with Crippen molar-refractivity contribution < 1.29 is 0 Å². The van der Waals surface area contributed by atoms with Gasteiger partial charge in [0, 0.05) is 18.0 Å². The third-order valence-corrected chi connectivity index (χ3v) is 4.13. The van der Waals surface area contributed by atoms with Crippen LogP contribution in [0.4, 0.5) is 0 Å². The highest BCUT2D eigenvalue weighted by Gasteiger charge is 2.28. The Balaban J connectivity index is 2.08. The van der Waals surface area contributed by atoms with Crippen LogP contribution in [0, 0.1) is 0 Å². The summed E-state index contributed by atoms with van der Waals surface area (Å²) in [6, 6.07) is 7.99. The molecule has 2 heterocycles. The van der Waals surface area contributed by atoms with Gasteiger partial charge in [-0.3, -0.25) is 9.36 Å². The third-order valence-electron chi connectivity index (χ3n) is 4.13. The molecule has 5 heteroatoms. The van der Waals surface area contributed by atoms with Gasteiger partial charge in [0.15, 0.2) is 0 Å². The minimum Gasteiger partial charge on any atom is -0.293 e. The second-order valence-corrected chi connectivity index (χ2v) is 5.62. The average molecular weight is 292 g/mol. The molecule has 0 aliphatic heterocycles. The Morgan fingerprint density at radius 3 is 2.77 bits per heavy atom. The molecule has 22 heavy (non-hydrogen) atoms. The van der Waals surface area contributed by atoms with E-state index in [2.05, 4.69) is 10.2 Å². The lowest BCUT2D eigenvalue weighted by molar-refractivity contribution is 0.646. The summed E-state index contributed by atoms with van der Waals surface area (Å²) >= 11 is 0. The van der Waals surface area contributed by atoms with Gasteiger partial charge in [0.05, 0.1) is 23.3 Å². The van der Waals surface area contributed by atoms with Gasteiger partial charge in [0.2, 0.25) is 0 Å². The van der Waals surface area contributed by atoms with Crippen molar-refractivity contribution in [3.05, 3.63) is 52.8 Å². The number of hydrogen-bond acceptors (Lipinski definition) is 4. The number of hydrogen-bond donors (Lipinski definition) is 0. The fourth-order valence-corrected chi connectivity index (χ4v) is 2.94. The fraction of sp³-hybridized carbons (Fsp3) is 0.294. The van der Waals surface area contributed by atoms with E-state index in [1.807, 2.05) is 35.8 Å². The molecule has 1 aliphatic rings. The Kier molecular flexibility index (Phi) is 2.99. The number of aryl methyl sites for hydroxylation is 1. The molecule has 1 aliphatic carbocycles. The molecule has 1 aromatic carbocycles. The minimum absolute atomic E-state index is 0.0664. The molecule has 4 rings (SSSR count). The highest BCUT2D eigenvalue weighted by Crippen LogP contribution is 2.35. The van der Waals surface area contributed by atoms with Crippen LogP contribution < -0.4 is 5.56 Å². The van der Waals surface area contributed by atoms with Crippen molar-refractivity contribution in [1.29, 1.82) is 0 Å². The van der Waals surface area contributed by atoms with Gasteiger partial charge in [-0.05, 0) is 30.5 Å². The monoisotopic (exact) mass is 292 g/mol. The van der Waals surface area contributed by atoms with Crippen molar-refractivity contribution in [2.45, 2.75) is 32.2 Å². The zero-order valence-electron chi connectivity index (χ0n) is 12.4. The normalized spacial score (nSPS) is 14.4. The maximum Gasteiger partial charge on any atom is 0.262 e. The summed E-state index contributed by atoms with van der Waals surface area (Å²) in [5, 5.41) is 8.41. The summed E-state index contributed by atoms with van der Waals surface area (Å²) in [5.74, 6) is 0.880. The molecule has 2 aromatic heterocycles. The Morgan fingerprint density at radius 1 is 1.23 bits per heavy atom. The smallest absolute Gasteiger partial charge is 0.262 e. The SMILES string of the molecule is CCc1nc2cccc(-c3ccnnc3)c2c(=O)n1C1CC1. The lowest BCUT2D eigenvalue weighted by Crippen LogP contribution is -2.24. The number of nitrogens with zero attached hydrogens (tertiary/aromatic N) is 4. The van der Waals surface area contributed by atoms with Crippen LogP contribution in [0.3, 0.4) is 0 Å². The van der Waals surface area contributed by atoms with Crippen LogP contribution in [-0.2, 0) is 6.42 Å². The van der Waals surface area contributed by atoms with Gasteiger partial charge in [-0.1, -0.05) is 19.1 Å². The van der Waals surface area contributed by atoms with Gasteiger partial charge in [0.25, 0.3) is 5.56 Å². The number of rotatable bonds is 3. The molecule has 110 valence electrons. The standard InChI is InChI=1S/C17H16N4O/c1-2-15-20-14-5-3-4-13(11-8-9-18-19-10-11)16(14)17(22)21(15)12-6-7-12/h3-5,8-10,12H,2,6-7H2,1H3. The second-order valence-electron chi connectivity index (χ2n) is 5.62. The Bertz CT molecular complexity index is 898. The zero-order chi connectivity index (χ0) is 15.1. The first kappa shape index (κ1) is 13.1. The van der Waals surface area contributed by atoms with Crippen molar-refractivity contribution in [2.24, 2.45) is 0 Å². The summed E-state index contributed by atoms with van der Waals surface area (Å²) < 4.78 is 1.89. The molecule has 0 saturated heterocycles. The average Bonchev–Trinajstić information content (AvgIpc) is 3.39. The molecule has 3 aromatic rings. The minimum atomic E-state index is 0.0664. The molecule has 0 atom stereocenters. The van der Waals surface area contributed by atoms with E-state index in [4.69, 9.17) is 4.98 Å². The quantitative estimate of drug-likeness (QED) is 0.744. The zero-order valence-corrected chi connectivity index (χ0v) is 12.4. The highest BCUT2D eigenvalue weighted by molar-refractivity contribution is 5.93. The number of aromatic nitrogens is 4. The predicted octanol–water partition coefficient (Wildman–Crippen LogP) is 2.75. The Morgan fingerprint density at radius 2 is 2.09 bits per heavy atom. The topological polar surface area (TPSA) is 60.7 Å². The second kappa shape index (κ2) is 5.02. The van der Waals surface area contributed by atoms with Crippen molar-refractivity contribution in [3.8, 4) is 11.1 Å². The van der Waals surface area contributed by atoms with Crippen LogP contribution in [0.1, 0.15) is 31.6 Å². The lowest BCUT2D eigenvalue weighted by Gasteiger charge is -2.13. The van der Waals surface area contributed by atoms with Crippen LogP contribution in [0.25, 0.3) is 22.0 Å². The fourth-order valence-electron chi connectivity index (χ4n) is 2.94. The van der Waals surface area contributed by atoms with Crippen molar-refractivity contribution in [2.75, 3.05) is 0 Å². The van der Waals surface area contributed by atoms with Gasteiger partial charge in [-0.15, -0.1) is 0 Å². The van der Waals surface area contributed by atoms with E-state index in [-0.39, 0.29) is 5.56 Å². The van der Waals surface area contributed by atoms with E-state index >= 15 is 0 Å². The van der Waals surface area contributed by atoms with Crippen LogP contribution in [0.5, 0.6) is 0 Å². The molecule has 1 saturated carbocycles. The molecular weight excluding hydrogens is 276 g/mol. The Hall–Kier alpha value is -2.56. The van der Waals surface area contributed by atoms with Gasteiger partial charge in [-0.25, -0.2) is 4.98 Å². The molecular formula is C17H16N4O. The molecule has 0 spiro atoms. The number of benzene rings is 1. The third kappa shape index (κ3) is 2.01. The van der Waals surface area contributed by atoms with Crippen LogP contribution in [0.15, 0.2) is 41.5 Å². The van der Waals surface area contributed by atoms with E-state index in [1.165, 1.54) is 0 Å². The van der Waals surface area contributed by atoms with E-state index in [0.717, 1.165) is 41.7 Å². The maximum atomic E-state index is 13.1. The van der Waals surface area contributed by atoms with Gasteiger partial charge < -0.3 is 0 Å². The van der Waals surface area contributed by atoms with Crippen LogP contribution >= 0.6 is 0 Å². The van der Waals surface area contributed by atoms with Gasteiger partial charge in [0.1, 0.15) is 5.82 Å². The predicted molar refractivity (Wildman–Crippen MR) is 84.7 cm³/mol. The van der Waals surface area contributed by atoms with Crippen LogP contribution in [-0.4, -0.2) is 19.7 Å². The summed E-state index contributed by atoms with van der Waals surface area (Å²) in [6.07, 6.45) is 6.23. The van der Waals surface area contributed by atoms with E-state index in [0.29, 0.717) is 11.4 Å². The Labute approximate surface area is 127 Å². The molecule has 0 radical (unpaired) electrons. The molecule has 0 bridgehead atoms. The van der Waals surface area contributed by atoms with Crippen molar-refractivity contribution in [3.63, 3.8) is 0 Å². The molecule has 5 nitrogen and oxygen atoms in total. The van der Waals surface area contributed by atoms with E-state index < -0.39 is 0 Å². The molecule has 0 unspecified atom stereocenters. The molecule has 1 fully saturated rings. The lowest BCUT2D eigenvalue weighted by atomic mass is 10.0. The summed E-state index contributed by atoms with van der Waals surface area (Å²) in [7, 11) is 0. The molecule has 0 amide bonds. The maximum absolute atomic E-state index is 13.1. The molecule has 0 N–H and O–H groups in total. The largest absolute Gasteiger partial charge is 0.293 e. The summed E-state index contributed by atoms with van der Waals surface area (Å²) in [6.45, 7) is 2.04. The summed E-state index contributed by atoms with van der Waals surface area (Å²) in [5.41, 5.74) is 2.60. The van der Waals surface area contributed by atoms with E-state index in [1.54, 1.807) is 12.4 Å². The summed E-state index contributed by atoms with van der Waals surface area (Å²) in [4.78, 5) is 17.8. The first-order valence-corrected chi connectivity index (χ1v) is 7.61. The van der Waals surface area contributed by atoms with Crippen molar-refractivity contribution >= 4 is 10.9 Å². The van der Waals surface area contributed by atoms with Crippen molar-refractivity contribution in [1.82, 2.24) is 19.7 Å². The van der Waals surface area contributed by atoms with E-state index in [9.17, 15) is 4.79 Å². The first-order chi connectivity index (χ1) is 10.8. The van der Waals surface area contributed by atoms with Crippen LogP contribution in [0.2, 0.25) is 0 Å². The van der Waals surface area contributed by atoms with Gasteiger partial charge >= 0.3 is 0 Å². The van der Waals surface area contributed by atoms with Gasteiger partial charge in [-0.2, -0.15) is 10.2 Å². The number of fused-ring (bicyclic) bond motifs is 1. The first-order valence-electron chi connectivity index (χ1n) is 7.61. The highest BCUT2D eigenvalue weighted by atomic mass is 16.1.